The van der Waals surface area contributed by atoms with Crippen LogP contribution in [0, 0.1) is 0 Å². The van der Waals surface area contributed by atoms with Crippen LogP contribution in [0.2, 0.25) is 0 Å². The van der Waals surface area contributed by atoms with Gasteiger partial charge in [-0.3, -0.25) is 0 Å². The SMILES string of the molecule is CNC(Cc1nccs1)c1cccc(OC)c1OC. The fraction of sp³-hybridized carbons (Fsp3) is 0.357. The number of benzene rings is 1. The Kier molecular flexibility index (Phi) is 4.76. The number of rotatable bonds is 6. The minimum absolute atomic E-state index is 0.149. The molecule has 1 N–H and O–H groups in total. The number of aromatic nitrogens is 1. The molecule has 0 spiro atoms. The van der Waals surface area contributed by atoms with E-state index in [1.165, 1.54) is 0 Å². The molecule has 19 heavy (non-hydrogen) atoms. The number of hydrogen-bond acceptors (Lipinski definition) is 5. The van der Waals surface area contributed by atoms with Gasteiger partial charge < -0.3 is 14.8 Å². The van der Waals surface area contributed by atoms with Gasteiger partial charge in [0.1, 0.15) is 0 Å². The van der Waals surface area contributed by atoms with Crippen LogP contribution < -0.4 is 14.8 Å². The molecule has 1 atom stereocenters. The lowest BCUT2D eigenvalue weighted by atomic mass is 10.0. The lowest BCUT2D eigenvalue weighted by Crippen LogP contribution is -2.19. The first kappa shape index (κ1) is 13.8. The van der Waals surface area contributed by atoms with Crippen LogP contribution in [0.15, 0.2) is 29.8 Å². The number of hydrogen-bond donors (Lipinski definition) is 1. The third-order valence-corrected chi connectivity index (χ3v) is 3.82. The molecule has 0 bridgehead atoms. The summed E-state index contributed by atoms with van der Waals surface area (Å²) in [5, 5.41) is 6.41. The van der Waals surface area contributed by atoms with E-state index in [1.54, 1.807) is 25.6 Å². The van der Waals surface area contributed by atoms with Crippen LogP contribution in [0.3, 0.4) is 0 Å². The third kappa shape index (κ3) is 3.05. The number of nitrogens with one attached hydrogen (secondary N) is 1. The first-order valence-corrected chi connectivity index (χ1v) is 6.94. The van der Waals surface area contributed by atoms with Gasteiger partial charge >= 0.3 is 0 Å². The predicted octanol–water partition coefficient (Wildman–Crippen LogP) is 2.66. The van der Waals surface area contributed by atoms with Crippen molar-refractivity contribution in [2.75, 3.05) is 21.3 Å². The molecule has 2 aromatic rings. The van der Waals surface area contributed by atoms with Gasteiger partial charge in [0.25, 0.3) is 0 Å². The van der Waals surface area contributed by atoms with Gasteiger partial charge in [-0.05, 0) is 13.1 Å². The zero-order valence-electron chi connectivity index (χ0n) is 11.3. The van der Waals surface area contributed by atoms with E-state index >= 15 is 0 Å². The van der Waals surface area contributed by atoms with Crippen molar-refractivity contribution < 1.29 is 9.47 Å². The van der Waals surface area contributed by atoms with Crippen molar-refractivity contribution in [1.82, 2.24) is 10.3 Å². The summed E-state index contributed by atoms with van der Waals surface area (Å²) in [6.45, 7) is 0. The molecule has 2 rings (SSSR count). The highest BCUT2D eigenvalue weighted by atomic mass is 32.1. The Hall–Kier alpha value is -1.59. The summed E-state index contributed by atoms with van der Waals surface area (Å²) in [5.41, 5.74) is 1.08. The largest absolute Gasteiger partial charge is 0.493 e. The Labute approximate surface area is 117 Å². The van der Waals surface area contributed by atoms with E-state index in [-0.39, 0.29) is 6.04 Å². The van der Waals surface area contributed by atoms with E-state index in [0.29, 0.717) is 0 Å². The van der Waals surface area contributed by atoms with E-state index in [2.05, 4.69) is 16.4 Å². The Balaban J connectivity index is 2.32. The molecule has 1 aromatic heterocycles. The maximum absolute atomic E-state index is 5.49. The molecule has 1 unspecified atom stereocenters. The zero-order valence-corrected chi connectivity index (χ0v) is 12.2. The van der Waals surface area contributed by atoms with Gasteiger partial charge in [-0.1, -0.05) is 12.1 Å². The van der Waals surface area contributed by atoms with Gasteiger partial charge in [-0.15, -0.1) is 11.3 Å². The molecule has 5 heteroatoms. The Bertz CT molecular complexity index is 514. The summed E-state index contributed by atoms with van der Waals surface area (Å²) in [6, 6.07) is 6.08. The van der Waals surface area contributed by atoms with Gasteiger partial charge in [0.2, 0.25) is 0 Å². The topological polar surface area (TPSA) is 43.4 Å². The fourth-order valence-electron chi connectivity index (χ4n) is 2.08. The summed E-state index contributed by atoms with van der Waals surface area (Å²) < 4.78 is 10.8. The van der Waals surface area contributed by atoms with Crippen molar-refractivity contribution in [3.8, 4) is 11.5 Å². The lowest BCUT2D eigenvalue weighted by Gasteiger charge is -2.20. The minimum Gasteiger partial charge on any atom is -0.493 e. The molecule has 0 aliphatic heterocycles. The van der Waals surface area contributed by atoms with E-state index in [1.807, 2.05) is 30.8 Å². The second-order valence-corrected chi connectivity index (χ2v) is 5.03. The minimum atomic E-state index is 0.149. The highest BCUT2D eigenvalue weighted by molar-refractivity contribution is 7.09. The molecule has 0 amide bonds. The number of ether oxygens (including phenoxy) is 2. The van der Waals surface area contributed by atoms with Gasteiger partial charge in [-0.2, -0.15) is 0 Å². The van der Waals surface area contributed by atoms with Crippen LogP contribution in [0.5, 0.6) is 11.5 Å². The van der Waals surface area contributed by atoms with Crippen molar-refractivity contribution >= 4 is 11.3 Å². The Morgan fingerprint density at radius 2 is 2.16 bits per heavy atom. The molecular formula is C14H18N2O2S. The molecule has 0 radical (unpaired) electrons. The van der Waals surface area contributed by atoms with Crippen LogP contribution in [0.25, 0.3) is 0 Å². The number of thiazole rings is 1. The highest BCUT2D eigenvalue weighted by Crippen LogP contribution is 2.35. The molecule has 0 fully saturated rings. The summed E-state index contributed by atoms with van der Waals surface area (Å²) in [4.78, 5) is 4.33. The Morgan fingerprint density at radius 1 is 1.32 bits per heavy atom. The quantitative estimate of drug-likeness (QED) is 0.882. The van der Waals surface area contributed by atoms with Crippen molar-refractivity contribution in [1.29, 1.82) is 0 Å². The van der Waals surface area contributed by atoms with Crippen LogP contribution >= 0.6 is 11.3 Å². The molecule has 1 heterocycles. The molecule has 1 aromatic carbocycles. The normalized spacial score (nSPS) is 12.2. The van der Waals surface area contributed by atoms with E-state index in [0.717, 1.165) is 28.5 Å². The maximum Gasteiger partial charge on any atom is 0.165 e. The second-order valence-electron chi connectivity index (χ2n) is 4.05. The molecule has 0 saturated heterocycles. The average Bonchev–Trinajstić information content (AvgIpc) is 2.96. The van der Waals surface area contributed by atoms with Gasteiger partial charge in [0.05, 0.1) is 19.2 Å². The number of nitrogens with zero attached hydrogens (tertiary/aromatic N) is 1. The zero-order chi connectivity index (χ0) is 13.7. The second kappa shape index (κ2) is 6.54. The molecular weight excluding hydrogens is 260 g/mol. The number of likely N-dealkylation sites (N-methyl/N-ethyl adjacent to an activating group) is 1. The Morgan fingerprint density at radius 3 is 2.74 bits per heavy atom. The van der Waals surface area contributed by atoms with Gasteiger partial charge in [0.15, 0.2) is 11.5 Å². The van der Waals surface area contributed by atoms with Crippen LogP contribution in [0.4, 0.5) is 0 Å². The number of para-hydroxylation sites is 1. The monoisotopic (exact) mass is 278 g/mol. The highest BCUT2D eigenvalue weighted by Gasteiger charge is 2.18. The first-order chi connectivity index (χ1) is 9.30. The molecule has 102 valence electrons. The first-order valence-electron chi connectivity index (χ1n) is 6.06. The van der Waals surface area contributed by atoms with E-state index in [9.17, 15) is 0 Å². The van der Waals surface area contributed by atoms with E-state index in [4.69, 9.17) is 9.47 Å². The van der Waals surface area contributed by atoms with Crippen LogP contribution in [-0.2, 0) is 6.42 Å². The van der Waals surface area contributed by atoms with Crippen molar-refractivity contribution in [3.63, 3.8) is 0 Å². The molecule has 4 nitrogen and oxygen atoms in total. The lowest BCUT2D eigenvalue weighted by molar-refractivity contribution is 0.347. The predicted molar refractivity (Wildman–Crippen MR) is 77.2 cm³/mol. The molecule has 0 aliphatic rings. The summed E-state index contributed by atoms with van der Waals surface area (Å²) in [7, 11) is 5.26. The summed E-state index contributed by atoms with van der Waals surface area (Å²) in [6.07, 6.45) is 2.66. The third-order valence-electron chi connectivity index (χ3n) is 3.02. The van der Waals surface area contributed by atoms with Crippen molar-refractivity contribution in [2.24, 2.45) is 0 Å². The van der Waals surface area contributed by atoms with E-state index < -0.39 is 0 Å². The van der Waals surface area contributed by atoms with Crippen molar-refractivity contribution in [2.45, 2.75) is 12.5 Å². The fourth-order valence-corrected chi connectivity index (χ4v) is 2.75. The van der Waals surface area contributed by atoms with Crippen molar-refractivity contribution in [3.05, 3.63) is 40.3 Å². The standard InChI is InChI=1S/C14H18N2O2S/c1-15-11(9-13-16-7-8-19-13)10-5-4-6-12(17-2)14(10)18-3/h4-8,11,15H,9H2,1-3H3. The number of methoxy groups -OCH3 is 2. The van der Waals surface area contributed by atoms with Gasteiger partial charge in [-0.25, -0.2) is 4.98 Å². The summed E-state index contributed by atoms with van der Waals surface area (Å²) in [5.74, 6) is 1.53. The summed E-state index contributed by atoms with van der Waals surface area (Å²) >= 11 is 1.66. The average molecular weight is 278 g/mol. The molecule has 0 saturated carbocycles. The maximum atomic E-state index is 5.49. The smallest absolute Gasteiger partial charge is 0.165 e. The van der Waals surface area contributed by atoms with Gasteiger partial charge in [0, 0.05) is 29.6 Å². The van der Waals surface area contributed by atoms with Crippen LogP contribution in [0.1, 0.15) is 16.6 Å². The van der Waals surface area contributed by atoms with Crippen LogP contribution in [-0.4, -0.2) is 26.3 Å². The molecule has 0 aliphatic carbocycles.